The fourth-order valence-corrected chi connectivity index (χ4v) is 3.37. The molecule has 0 bridgehead atoms. The van der Waals surface area contributed by atoms with E-state index in [0.717, 1.165) is 11.1 Å². The van der Waals surface area contributed by atoms with Crippen molar-refractivity contribution >= 4 is 17.3 Å². The quantitative estimate of drug-likeness (QED) is 0.598. The van der Waals surface area contributed by atoms with Gasteiger partial charge in [0.1, 0.15) is 6.61 Å². The SMILES string of the molecule is Cc1cccc(N2N=NN(C)C2O)c1COc1cccc(-c2ccc(Cl)cc2)c1F. The normalized spacial score (nSPS) is 15.7. The number of aliphatic hydroxyl groups excluding tert-OH is 1. The lowest BCUT2D eigenvalue weighted by Crippen LogP contribution is -2.36. The largest absolute Gasteiger partial charge is 0.486 e. The summed E-state index contributed by atoms with van der Waals surface area (Å²) in [4.78, 5) is 0. The molecule has 0 fully saturated rings. The van der Waals surface area contributed by atoms with Crippen LogP contribution in [0.4, 0.5) is 10.1 Å². The van der Waals surface area contributed by atoms with Crippen molar-refractivity contribution in [3.8, 4) is 16.9 Å². The lowest BCUT2D eigenvalue weighted by Gasteiger charge is -2.23. The van der Waals surface area contributed by atoms with Crippen molar-refractivity contribution in [2.24, 2.45) is 10.4 Å². The summed E-state index contributed by atoms with van der Waals surface area (Å²) < 4.78 is 21.0. The summed E-state index contributed by atoms with van der Waals surface area (Å²) in [6, 6.07) is 17.6. The molecule has 4 rings (SSSR count). The van der Waals surface area contributed by atoms with Crippen molar-refractivity contribution in [1.29, 1.82) is 0 Å². The first kappa shape index (κ1) is 20.1. The number of hydrogen-bond acceptors (Lipinski definition) is 6. The molecule has 1 N–H and O–H groups in total. The minimum Gasteiger partial charge on any atom is -0.486 e. The van der Waals surface area contributed by atoms with Crippen LogP contribution >= 0.6 is 11.6 Å². The minimum atomic E-state index is -1.02. The molecular formula is C22H20ClFN4O2. The van der Waals surface area contributed by atoms with Crippen LogP contribution < -0.4 is 9.75 Å². The van der Waals surface area contributed by atoms with Crippen molar-refractivity contribution in [2.75, 3.05) is 12.1 Å². The van der Waals surface area contributed by atoms with E-state index in [2.05, 4.69) is 10.4 Å². The molecule has 8 heteroatoms. The zero-order valence-electron chi connectivity index (χ0n) is 16.5. The topological polar surface area (TPSA) is 60.7 Å². The lowest BCUT2D eigenvalue weighted by atomic mass is 10.0. The molecule has 3 aromatic rings. The predicted molar refractivity (Wildman–Crippen MR) is 113 cm³/mol. The Morgan fingerprint density at radius 1 is 1.07 bits per heavy atom. The Hall–Kier alpha value is -3.16. The van der Waals surface area contributed by atoms with Gasteiger partial charge in [0.25, 0.3) is 0 Å². The van der Waals surface area contributed by atoms with Gasteiger partial charge in [-0.2, -0.15) is 5.01 Å². The number of halogens is 2. The van der Waals surface area contributed by atoms with E-state index in [-0.39, 0.29) is 12.4 Å². The monoisotopic (exact) mass is 426 g/mol. The number of nitrogens with zero attached hydrogens (tertiary/aromatic N) is 4. The van der Waals surface area contributed by atoms with Gasteiger partial charge >= 0.3 is 0 Å². The van der Waals surface area contributed by atoms with Crippen LogP contribution in [0.15, 0.2) is 71.1 Å². The van der Waals surface area contributed by atoms with E-state index in [1.54, 1.807) is 49.5 Å². The van der Waals surface area contributed by atoms with Crippen LogP contribution in [0.25, 0.3) is 11.1 Å². The van der Waals surface area contributed by atoms with Crippen molar-refractivity contribution in [3.05, 3.63) is 82.6 Å². The van der Waals surface area contributed by atoms with Gasteiger partial charge in [0.05, 0.1) is 5.69 Å². The van der Waals surface area contributed by atoms with Gasteiger partial charge < -0.3 is 9.84 Å². The molecule has 0 radical (unpaired) electrons. The van der Waals surface area contributed by atoms with E-state index in [0.29, 0.717) is 21.8 Å². The molecule has 1 aliphatic heterocycles. The smallest absolute Gasteiger partial charge is 0.245 e. The Balaban J connectivity index is 1.61. The van der Waals surface area contributed by atoms with Crippen molar-refractivity contribution in [2.45, 2.75) is 19.9 Å². The van der Waals surface area contributed by atoms with Gasteiger partial charge in [0.2, 0.25) is 6.35 Å². The highest BCUT2D eigenvalue weighted by Gasteiger charge is 2.28. The van der Waals surface area contributed by atoms with Crippen molar-refractivity contribution in [1.82, 2.24) is 5.01 Å². The summed E-state index contributed by atoms with van der Waals surface area (Å²) in [5.74, 6) is -0.312. The molecule has 154 valence electrons. The van der Waals surface area contributed by atoms with Crippen LogP contribution in [-0.4, -0.2) is 23.5 Å². The van der Waals surface area contributed by atoms with Gasteiger partial charge in [-0.25, -0.2) is 9.40 Å². The third-order valence-electron chi connectivity index (χ3n) is 4.95. The van der Waals surface area contributed by atoms with E-state index in [1.807, 2.05) is 25.1 Å². The van der Waals surface area contributed by atoms with Gasteiger partial charge in [-0.3, -0.25) is 0 Å². The van der Waals surface area contributed by atoms with Crippen LogP contribution in [0.1, 0.15) is 11.1 Å². The first-order valence-corrected chi connectivity index (χ1v) is 9.71. The minimum absolute atomic E-state index is 0.103. The molecule has 0 saturated carbocycles. The van der Waals surface area contributed by atoms with Crippen LogP contribution in [0.3, 0.4) is 0 Å². The molecule has 0 saturated heterocycles. The number of hydrogen-bond donors (Lipinski definition) is 1. The molecule has 0 aliphatic carbocycles. The molecule has 1 unspecified atom stereocenters. The first-order chi connectivity index (χ1) is 14.5. The molecule has 1 heterocycles. The molecule has 1 aliphatic rings. The highest BCUT2D eigenvalue weighted by atomic mass is 35.5. The molecule has 0 aromatic heterocycles. The molecule has 0 spiro atoms. The average Bonchev–Trinajstić information content (AvgIpc) is 3.07. The molecule has 1 atom stereocenters. The third kappa shape index (κ3) is 3.81. The molecule has 3 aromatic carbocycles. The van der Waals surface area contributed by atoms with E-state index >= 15 is 4.39 Å². The van der Waals surface area contributed by atoms with E-state index in [4.69, 9.17) is 16.3 Å². The Morgan fingerprint density at radius 3 is 2.50 bits per heavy atom. The summed E-state index contributed by atoms with van der Waals surface area (Å²) in [5.41, 5.74) is 3.49. The Bertz CT molecular complexity index is 1090. The molecular weight excluding hydrogens is 407 g/mol. The van der Waals surface area contributed by atoms with Gasteiger partial charge in [0.15, 0.2) is 11.6 Å². The number of aryl methyl sites for hydroxylation is 1. The predicted octanol–water partition coefficient (Wildman–Crippen LogP) is 5.34. The Labute approximate surface area is 178 Å². The Kier molecular flexibility index (Phi) is 5.57. The second-order valence-corrected chi connectivity index (χ2v) is 7.37. The number of ether oxygens (including phenoxy) is 1. The number of anilines is 1. The number of benzene rings is 3. The summed E-state index contributed by atoms with van der Waals surface area (Å²) in [7, 11) is 1.62. The zero-order valence-corrected chi connectivity index (χ0v) is 17.2. The maximum absolute atomic E-state index is 15.1. The van der Waals surface area contributed by atoms with Gasteiger partial charge in [0, 0.05) is 23.2 Å². The van der Waals surface area contributed by atoms with Crippen LogP contribution in [-0.2, 0) is 6.61 Å². The van der Waals surface area contributed by atoms with Crippen LogP contribution in [0.2, 0.25) is 5.02 Å². The van der Waals surface area contributed by atoms with Crippen molar-refractivity contribution < 1.29 is 14.2 Å². The fourth-order valence-electron chi connectivity index (χ4n) is 3.24. The fraction of sp³-hybridized carbons (Fsp3) is 0.182. The molecule has 30 heavy (non-hydrogen) atoms. The summed E-state index contributed by atoms with van der Waals surface area (Å²) in [5, 5.41) is 21.5. The second kappa shape index (κ2) is 8.30. The standard InChI is InChI=1S/C22H20ClFN4O2/c1-14-5-3-7-19(28-22(29)27(2)25-26-28)18(14)13-30-20-8-4-6-17(21(20)24)15-9-11-16(23)12-10-15/h3-12,22,29H,13H2,1-2H3. The van der Waals surface area contributed by atoms with E-state index < -0.39 is 12.2 Å². The van der Waals surface area contributed by atoms with Crippen LogP contribution in [0.5, 0.6) is 5.75 Å². The first-order valence-electron chi connectivity index (χ1n) is 9.33. The Morgan fingerprint density at radius 2 is 1.80 bits per heavy atom. The highest BCUT2D eigenvalue weighted by molar-refractivity contribution is 6.30. The number of aliphatic hydroxyl groups is 1. The van der Waals surface area contributed by atoms with E-state index in [9.17, 15) is 5.11 Å². The highest BCUT2D eigenvalue weighted by Crippen LogP contribution is 2.33. The van der Waals surface area contributed by atoms with Crippen molar-refractivity contribution in [3.63, 3.8) is 0 Å². The molecule has 0 amide bonds. The van der Waals surface area contributed by atoms with E-state index in [1.165, 1.54) is 10.0 Å². The van der Waals surface area contributed by atoms with Gasteiger partial charge in [-0.05, 0) is 52.8 Å². The average molecular weight is 427 g/mol. The van der Waals surface area contributed by atoms with Gasteiger partial charge in [-0.1, -0.05) is 48.0 Å². The molecule has 6 nitrogen and oxygen atoms in total. The summed E-state index contributed by atoms with van der Waals surface area (Å²) in [6.45, 7) is 2.03. The summed E-state index contributed by atoms with van der Waals surface area (Å²) in [6.07, 6.45) is -1.02. The maximum atomic E-state index is 15.1. The lowest BCUT2D eigenvalue weighted by molar-refractivity contribution is 0.0456. The maximum Gasteiger partial charge on any atom is 0.245 e. The van der Waals surface area contributed by atoms with Crippen LogP contribution in [0, 0.1) is 12.7 Å². The number of rotatable bonds is 5. The third-order valence-corrected chi connectivity index (χ3v) is 5.21. The second-order valence-electron chi connectivity index (χ2n) is 6.93. The summed E-state index contributed by atoms with van der Waals surface area (Å²) >= 11 is 5.93. The van der Waals surface area contributed by atoms with Gasteiger partial charge in [-0.15, -0.1) is 0 Å². The zero-order chi connectivity index (χ0) is 21.3.